The van der Waals surface area contributed by atoms with Crippen molar-refractivity contribution in [2.45, 2.75) is 187 Å². The van der Waals surface area contributed by atoms with E-state index in [9.17, 15) is 9.59 Å². The van der Waals surface area contributed by atoms with Crippen LogP contribution in [0.5, 0.6) is 0 Å². The summed E-state index contributed by atoms with van der Waals surface area (Å²) in [5.41, 5.74) is 0. The molecule has 230 valence electrons. The molecule has 0 heterocycles. The molecule has 0 aromatic carbocycles. The predicted octanol–water partition coefficient (Wildman–Crippen LogP) is 11.4. The van der Waals surface area contributed by atoms with Gasteiger partial charge in [0, 0.05) is 0 Å². The summed E-state index contributed by atoms with van der Waals surface area (Å²) in [6.07, 6.45) is 38.1. The zero-order chi connectivity index (χ0) is 28.7. The first kappa shape index (κ1) is 37.7. The molecular weight excluding hydrogens is 484 g/mol. The van der Waals surface area contributed by atoms with Crippen LogP contribution in [0.2, 0.25) is 0 Å². The third-order valence-corrected chi connectivity index (χ3v) is 7.78. The highest BCUT2D eigenvalue weighted by Gasteiger charge is 2.22. The number of esters is 1. The van der Waals surface area contributed by atoms with Gasteiger partial charge >= 0.3 is 11.9 Å². The molecule has 0 aromatic heterocycles. The lowest BCUT2D eigenvalue weighted by molar-refractivity contribution is -0.153. The molecule has 0 aliphatic heterocycles. The smallest absolute Gasteiger partial charge is 0.309 e. The van der Waals surface area contributed by atoms with Crippen LogP contribution < -0.4 is 0 Å². The maximum absolute atomic E-state index is 12.0. The summed E-state index contributed by atoms with van der Waals surface area (Å²) in [5.74, 6) is -1.73. The molecule has 0 saturated carbocycles. The second kappa shape index (κ2) is 31.2. The number of carboxylic acids is 1. The first-order chi connectivity index (χ1) is 19.1. The normalized spacial score (nSPS) is 12.3. The summed E-state index contributed by atoms with van der Waals surface area (Å²) in [7, 11) is 0. The van der Waals surface area contributed by atoms with Crippen molar-refractivity contribution in [1.82, 2.24) is 0 Å². The van der Waals surface area contributed by atoms with Gasteiger partial charge in [-0.2, -0.15) is 0 Å². The Hall–Kier alpha value is -1.32. The summed E-state index contributed by atoms with van der Waals surface area (Å²) < 4.78 is 5.16. The molecule has 39 heavy (non-hydrogen) atoms. The predicted molar refractivity (Wildman–Crippen MR) is 167 cm³/mol. The zero-order valence-corrected chi connectivity index (χ0v) is 26.2. The monoisotopic (exact) mass is 550 g/mol. The molecule has 0 saturated heterocycles. The van der Waals surface area contributed by atoms with Gasteiger partial charge in [0.05, 0.1) is 18.9 Å². The van der Waals surface area contributed by atoms with Crippen LogP contribution in [0.1, 0.15) is 187 Å². The molecule has 0 rings (SSSR count). The van der Waals surface area contributed by atoms with Crippen LogP contribution in [0.4, 0.5) is 0 Å². The Morgan fingerprint density at radius 2 is 0.974 bits per heavy atom. The van der Waals surface area contributed by atoms with Gasteiger partial charge in [0.1, 0.15) is 0 Å². The Kier molecular flexibility index (Phi) is 30.2. The average molecular weight is 551 g/mol. The van der Waals surface area contributed by atoms with E-state index in [1.54, 1.807) is 0 Å². The fraction of sp³-hybridized carbons (Fsp3) is 0.886. The number of allylic oxidation sites excluding steroid dienone is 2. The maximum Gasteiger partial charge on any atom is 0.309 e. The molecule has 0 spiro atoms. The first-order valence-corrected chi connectivity index (χ1v) is 17.1. The number of unbranched alkanes of at least 4 members (excludes halogenated alkanes) is 22. The van der Waals surface area contributed by atoms with E-state index in [2.05, 4.69) is 19.1 Å². The first-order valence-electron chi connectivity index (χ1n) is 17.1. The molecule has 1 N–H and O–H groups in total. The van der Waals surface area contributed by atoms with E-state index in [1.165, 1.54) is 141 Å². The molecule has 0 aliphatic carbocycles. The van der Waals surface area contributed by atoms with Crippen molar-refractivity contribution in [2.24, 2.45) is 5.92 Å². The summed E-state index contributed by atoms with van der Waals surface area (Å²) >= 11 is 0. The number of rotatable bonds is 31. The van der Waals surface area contributed by atoms with Crippen molar-refractivity contribution >= 4 is 11.9 Å². The Morgan fingerprint density at radius 1 is 0.590 bits per heavy atom. The van der Waals surface area contributed by atoms with Gasteiger partial charge in [0.15, 0.2) is 0 Å². The zero-order valence-electron chi connectivity index (χ0n) is 26.2. The fourth-order valence-electron chi connectivity index (χ4n) is 5.31. The Bertz CT molecular complexity index is 557. The molecule has 0 radical (unpaired) electrons. The molecule has 0 fully saturated rings. The van der Waals surface area contributed by atoms with Crippen molar-refractivity contribution in [3.8, 4) is 0 Å². The minimum absolute atomic E-state index is 0.110. The molecule has 0 aliphatic rings. The third-order valence-electron chi connectivity index (χ3n) is 7.78. The van der Waals surface area contributed by atoms with Gasteiger partial charge in [-0.25, -0.2) is 0 Å². The molecule has 4 heteroatoms. The number of ether oxygens (including phenoxy) is 1. The van der Waals surface area contributed by atoms with Crippen molar-refractivity contribution in [3.63, 3.8) is 0 Å². The second-order valence-electron chi connectivity index (χ2n) is 11.7. The Labute approximate surface area is 243 Å². The quantitative estimate of drug-likeness (QED) is 0.0529. The molecule has 0 aromatic rings. The molecule has 4 nitrogen and oxygen atoms in total. The number of hydrogen-bond donors (Lipinski definition) is 1. The fourth-order valence-corrected chi connectivity index (χ4v) is 5.31. The number of carboxylic acid groups (broad SMARTS) is 1. The number of aliphatic carboxylic acids is 1. The van der Waals surface area contributed by atoms with Gasteiger partial charge < -0.3 is 9.84 Å². The van der Waals surface area contributed by atoms with Crippen LogP contribution in [-0.2, 0) is 14.3 Å². The van der Waals surface area contributed by atoms with Crippen molar-refractivity contribution in [3.05, 3.63) is 12.2 Å². The topological polar surface area (TPSA) is 63.6 Å². The van der Waals surface area contributed by atoms with Gasteiger partial charge in [-0.15, -0.1) is 0 Å². The lowest BCUT2D eigenvalue weighted by Gasteiger charge is -2.13. The van der Waals surface area contributed by atoms with E-state index in [1.807, 2.05) is 6.92 Å². The minimum atomic E-state index is -0.915. The average Bonchev–Trinajstić information content (AvgIpc) is 2.92. The van der Waals surface area contributed by atoms with Crippen LogP contribution >= 0.6 is 0 Å². The number of carbonyl (C=O) groups is 2. The van der Waals surface area contributed by atoms with Crippen molar-refractivity contribution < 1.29 is 19.4 Å². The molecule has 0 bridgehead atoms. The largest absolute Gasteiger partial charge is 0.481 e. The van der Waals surface area contributed by atoms with E-state index < -0.39 is 11.9 Å². The van der Waals surface area contributed by atoms with Crippen LogP contribution in [0, 0.1) is 5.92 Å². The minimum Gasteiger partial charge on any atom is -0.481 e. The summed E-state index contributed by atoms with van der Waals surface area (Å²) in [5, 5.41) is 9.05. The molecular formula is C35H66O4. The highest BCUT2D eigenvalue weighted by atomic mass is 16.5. The van der Waals surface area contributed by atoms with E-state index in [4.69, 9.17) is 9.84 Å². The van der Waals surface area contributed by atoms with Crippen molar-refractivity contribution in [2.75, 3.05) is 6.61 Å². The van der Waals surface area contributed by atoms with Gasteiger partial charge in [0.2, 0.25) is 0 Å². The lowest BCUT2D eigenvalue weighted by Crippen LogP contribution is -2.21. The van der Waals surface area contributed by atoms with Gasteiger partial charge in [0.25, 0.3) is 0 Å². The second-order valence-corrected chi connectivity index (χ2v) is 11.7. The van der Waals surface area contributed by atoms with Crippen LogP contribution in [0.15, 0.2) is 12.2 Å². The molecule has 1 unspecified atom stereocenters. The number of hydrogen-bond acceptors (Lipinski definition) is 3. The van der Waals surface area contributed by atoms with Crippen LogP contribution in [0.3, 0.4) is 0 Å². The maximum atomic E-state index is 12.0. The Morgan fingerprint density at radius 3 is 1.33 bits per heavy atom. The Balaban J connectivity index is 3.31. The molecule has 0 amide bonds. The standard InChI is InChI=1S/C35H66O4/c1-3-5-6-7-8-9-10-11-12-13-14-15-16-17-18-19-20-21-22-23-24-25-26-27-28-29-30-33(32-34(36)37)35(38)39-31-4-2/h5-6,33H,3-4,7-32H2,1-2H3,(H,36,37)/b6-5+. The highest BCUT2D eigenvalue weighted by molar-refractivity contribution is 5.79. The highest BCUT2D eigenvalue weighted by Crippen LogP contribution is 2.19. The summed E-state index contributed by atoms with van der Waals surface area (Å²) in [6.45, 7) is 4.53. The van der Waals surface area contributed by atoms with E-state index >= 15 is 0 Å². The van der Waals surface area contributed by atoms with E-state index in [-0.39, 0.29) is 12.4 Å². The third kappa shape index (κ3) is 29.5. The van der Waals surface area contributed by atoms with E-state index in [0.717, 1.165) is 19.3 Å². The summed E-state index contributed by atoms with van der Waals surface area (Å²) in [4.78, 5) is 23.1. The summed E-state index contributed by atoms with van der Waals surface area (Å²) in [6, 6.07) is 0. The van der Waals surface area contributed by atoms with Crippen molar-refractivity contribution in [1.29, 1.82) is 0 Å². The van der Waals surface area contributed by atoms with Crippen LogP contribution in [-0.4, -0.2) is 23.7 Å². The van der Waals surface area contributed by atoms with Crippen LogP contribution in [0.25, 0.3) is 0 Å². The SMILES string of the molecule is CC/C=C/CCCCCCCCCCCCCCCCCCCCCCCCC(CC(=O)O)C(=O)OCCC. The lowest BCUT2D eigenvalue weighted by atomic mass is 9.97. The number of carbonyl (C=O) groups excluding carboxylic acids is 1. The molecule has 1 atom stereocenters. The van der Waals surface area contributed by atoms with Gasteiger partial charge in [-0.05, 0) is 32.1 Å². The van der Waals surface area contributed by atoms with Gasteiger partial charge in [-0.3, -0.25) is 9.59 Å². The van der Waals surface area contributed by atoms with Gasteiger partial charge in [-0.1, -0.05) is 161 Å². The van der Waals surface area contributed by atoms with E-state index in [0.29, 0.717) is 13.0 Å².